The third kappa shape index (κ3) is 3.04. The first-order valence-corrected chi connectivity index (χ1v) is 11.4. The molecule has 0 amide bonds. The molecule has 0 spiro atoms. The van der Waals surface area contributed by atoms with Crippen LogP contribution in [0.1, 0.15) is 78.0 Å². The van der Waals surface area contributed by atoms with E-state index in [1.807, 2.05) is 27.7 Å². The molecule has 5 nitrogen and oxygen atoms in total. The fourth-order valence-electron chi connectivity index (χ4n) is 4.70. The molecule has 5 rings (SSSR count). The average Bonchev–Trinajstić information content (AvgIpc) is 3.16. The topological polar surface area (TPSA) is 45.5 Å². The zero-order chi connectivity index (χ0) is 21.4. The standard InChI is InChI=1S/C22H29BClFN2O3/c1-12-10-13(12)16-17(23-29-21(2,3)22(4,5)30-23)14-11-26-27(15-8-6-7-9-28-15)20(14)19(25)18(16)24/h11-13,15H,6-10H2,1-5H3/t12-,13+,15?/m1/s1. The van der Waals surface area contributed by atoms with Gasteiger partial charge in [-0.2, -0.15) is 5.10 Å². The zero-order valence-corrected chi connectivity index (χ0v) is 19.1. The monoisotopic (exact) mass is 434 g/mol. The molecular formula is C22H29BClFN2O3. The summed E-state index contributed by atoms with van der Waals surface area (Å²) in [5.41, 5.74) is 1.02. The van der Waals surface area contributed by atoms with E-state index in [0.29, 0.717) is 23.4 Å². The highest BCUT2D eigenvalue weighted by molar-refractivity contribution is 6.66. The lowest BCUT2D eigenvalue weighted by Crippen LogP contribution is -2.41. The van der Waals surface area contributed by atoms with Gasteiger partial charge >= 0.3 is 7.12 Å². The van der Waals surface area contributed by atoms with E-state index in [4.69, 9.17) is 25.6 Å². The molecule has 0 radical (unpaired) electrons. The normalized spacial score (nSPS) is 30.2. The molecular weight excluding hydrogens is 406 g/mol. The van der Waals surface area contributed by atoms with E-state index in [1.54, 1.807) is 10.9 Å². The summed E-state index contributed by atoms with van der Waals surface area (Å²) in [4.78, 5) is 0. The molecule has 2 aromatic rings. The van der Waals surface area contributed by atoms with E-state index in [1.165, 1.54) is 0 Å². The van der Waals surface area contributed by atoms with Crippen LogP contribution >= 0.6 is 11.6 Å². The molecule has 30 heavy (non-hydrogen) atoms. The van der Waals surface area contributed by atoms with Gasteiger partial charge < -0.3 is 14.0 Å². The van der Waals surface area contributed by atoms with E-state index in [0.717, 1.165) is 36.7 Å². The van der Waals surface area contributed by atoms with Crippen molar-refractivity contribution in [2.45, 2.75) is 83.6 Å². The number of fused-ring (bicyclic) bond motifs is 1. The number of hydrogen-bond acceptors (Lipinski definition) is 4. The molecule has 1 aromatic carbocycles. The highest BCUT2D eigenvalue weighted by Crippen LogP contribution is 2.51. The number of halogens is 2. The van der Waals surface area contributed by atoms with Gasteiger partial charge in [0, 0.05) is 12.0 Å². The first-order valence-electron chi connectivity index (χ1n) is 11.0. The van der Waals surface area contributed by atoms with Crippen molar-refractivity contribution in [3.63, 3.8) is 0 Å². The second-order valence-electron chi connectivity index (χ2n) is 10.0. The van der Waals surface area contributed by atoms with Gasteiger partial charge in [-0.05, 0) is 76.2 Å². The van der Waals surface area contributed by atoms with Crippen molar-refractivity contribution in [1.29, 1.82) is 0 Å². The molecule has 2 saturated heterocycles. The third-order valence-corrected chi connectivity index (χ3v) is 7.78. The Hall–Kier alpha value is -1.15. The largest absolute Gasteiger partial charge is 0.495 e. The van der Waals surface area contributed by atoms with Crippen molar-refractivity contribution in [1.82, 2.24) is 9.78 Å². The lowest BCUT2D eigenvalue weighted by molar-refractivity contribution is -0.0369. The highest BCUT2D eigenvalue weighted by atomic mass is 35.5. The Labute approximate surface area is 182 Å². The summed E-state index contributed by atoms with van der Waals surface area (Å²) in [5, 5.41) is 5.42. The van der Waals surface area contributed by atoms with Crippen molar-refractivity contribution >= 4 is 35.1 Å². The zero-order valence-electron chi connectivity index (χ0n) is 18.3. The molecule has 3 heterocycles. The number of benzene rings is 1. The first kappa shape index (κ1) is 20.7. The average molecular weight is 435 g/mol. The summed E-state index contributed by atoms with van der Waals surface area (Å²) in [7, 11) is -0.622. The number of hydrogen-bond donors (Lipinski definition) is 0. The molecule has 3 atom stereocenters. The number of rotatable bonds is 3. The molecule has 162 valence electrons. The lowest BCUT2D eigenvalue weighted by atomic mass is 9.72. The quantitative estimate of drug-likeness (QED) is 0.641. The van der Waals surface area contributed by atoms with Crippen LogP contribution in [0.15, 0.2) is 6.20 Å². The van der Waals surface area contributed by atoms with Gasteiger partial charge in [0.1, 0.15) is 5.52 Å². The second kappa shape index (κ2) is 6.93. The van der Waals surface area contributed by atoms with Gasteiger partial charge in [0.2, 0.25) is 0 Å². The number of ether oxygens (including phenoxy) is 1. The van der Waals surface area contributed by atoms with Crippen LogP contribution < -0.4 is 5.46 Å². The molecule has 1 unspecified atom stereocenters. The van der Waals surface area contributed by atoms with Crippen molar-refractivity contribution in [2.75, 3.05) is 6.61 Å². The Bertz CT molecular complexity index is 986. The molecule has 0 bridgehead atoms. The van der Waals surface area contributed by atoms with Crippen molar-refractivity contribution in [2.24, 2.45) is 5.92 Å². The maximum Gasteiger partial charge on any atom is 0.495 e. The SMILES string of the molecule is C[C@@H]1C[C@@H]1c1c(Cl)c(F)c2c(cnn2C2CCCCO2)c1B1OC(C)(C)C(C)(C)O1. The van der Waals surface area contributed by atoms with Crippen LogP contribution in [-0.4, -0.2) is 34.7 Å². The van der Waals surface area contributed by atoms with Gasteiger partial charge in [-0.1, -0.05) is 18.5 Å². The first-order chi connectivity index (χ1) is 14.1. The Balaban J connectivity index is 1.72. The van der Waals surface area contributed by atoms with Crippen molar-refractivity contribution < 1.29 is 18.4 Å². The Morgan fingerprint density at radius 1 is 1.20 bits per heavy atom. The van der Waals surface area contributed by atoms with Crippen LogP contribution in [-0.2, 0) is 14.0 Å². The summed E-state index contributed by atoms with van der Waals surface area (Å²) in [5.74, 6) is 0.240. The molecule has 2 aliphatic heterocycles. The van der Waals surface area contributed by atoms with Gasteiger partial charge in [-0.25, -0.2) is 9.07 Å². The lowest BCUT2D eigenvalue weighted by Gasteiger charge is -2.32. The fourth-order valence-corrected chi connectivity index (χ4v) is 5.03. The minimum atomic E-state index is -0.622. The number of aromatic nitrogens is 2. The summed E-state index contributed by atoms with van der Waals surface area (Å²) in [6.07, 6.45) is 5.28. The minimum Gasteiger partial charge on any atom is -0.399 e. The van der Waals surface area contributed by atoms with E-state index < -0.39 is 24.1 Å². The van der Waals surface area contributed by atoms with Crippen molar-refractivity contribution in [3.8, 4) is 0 Å². The Morgan fingerprint density at radius 2 is 1.87 bits per heavy atom. The van der Waals surface area contributed by atoms with Crippen LogP contribution in [0.4, 0.5) is 4.39 Å². The smallest absolute Gasteiger partial charge is 0.399 e. The maximum atomic E-state index is 15.7. The summed E-state index contributed by atoms with van der Waals surface area (Å²) >= 11 is 6.70. The van der Waals surface area contributed by atoms with Gasteiger partial charge in [0.15, 0.2) is 12.0 Å². The summed E-state index contributed by atoms with van der Waals surface area (Å²) < 4.78 is 36.0. The van der Waals surface area contributed by atoms with Gasteiger partial charge in [0.25, 0.3) is 0 Å². The molecule has 3 fully saturated rings. The van der Waals surface area contributed by atoms with Crippen LogP contribution in [0.3, 0.4) is 0 Å². The van der Waals surface area contributed by atoms with E-state index in [9.17, 15) is 0 Å². The summed E-state index contributed by atoms with van der Waals surface area (Å²) in [6, 6.07) is 0. The van der Waals surface area contributed by atoms with Crippen LogP contribution in [0.5, 0.6) is 0 Å². The molecule has 1 saturated carbocycles. The minimum absolute atomic E-state index is 0.166. The molecule has 1 aromatic heterocycles. The Kier molecular flexibility index (Phi) is 4.79. The Morgan fingerprint density at radius 3 is 2.43 bits per heavy atom. The van der Waals surface area contributed by atoms with Gasteiger partial charge in [-0.3, -0.25) is 0 Å². The van der Waals surface area contributed by atoms with Crippen LogP contribution in [0.25, 0.3) is 10.9 Å². The fraction of sp³-hybridized carbons (Fsp3) is 0.682. The molecule has 0 N–H and O–H groups in total. The molecule has 3 aliphatic rings. The van der Waals surface area contributed by atoms with E-state index in [-0.39, 0.29) is 17.2 Å². The molecule has 8 heteroatoms. The summed E-state index contributed by atoms with van der Waals surface area (Å²) in [6.45, 7) is 10.9. The third-order valence-electron chi connectivity index (χ3n) is 7.41. The number of nitrogens with zero attached hydrogens (tertiary/aromatic N) is 2. The van der Waals surface area contributed by atoms with Crippen molar-refractivity contribution in [3.05, 3.63) is 22.6 Å². The predicted molar refractivity (Wildman–Crippen MR) is 116 cm³/mol. The second-order valence-corrected chi connectivity index (χ2v) is 10.4. The van der Waals surface area contributed by atoms with Gasteiger partial charge in [-0.15, -0.1) is 0 Å². The maximum absolute atomic E-state index is 15.7. The highest BCUT2D eigenvalue weighted by Gasteiger charge is 2.54. The van der Waals surface area contributed by atoms with E-state index >= 15 is 4.39 Å². The van der Waals surface area contributed by atoms with Crippen LogP contribution in [0.2, 0.25) is 5.02 Å². The molecule has 1 aliphatic carbocycles. The van der Waals surface area contributed by atoms with E-state index in [2.05, 4.69) is 12.0 Å². The van der Waals surface area contributed by atoms with Crippen LogP contribution in [0, 0.1) is 11.7 Å². The predicted octanol–water partition coefficient (Wildman–Crippen LogP) is 4.95. The van der Waals surface area contributed by atoms with Gasteiger partial charge in [0.05, 0.1) is 22.4 Å².